The number of nitrogens with zero attached hydrogens (tertiary/aromatic N) is 2. The second-order valence-corrected chi connectivity index (χ2v) is 20.9. The number of hydrogen-bond acceptors (Lipinski definition) is 4. The Labute approximate surface area is 337 Å². The maximum Gasteiger partial charge on any atom is 0.119 e. The van der Waals surface area contributed by atoms with E-state index in [1.165, 1.54) is 31.4 Å². The first-order valence-corrected chi connectivity index (χ1v) is 22.1. The van der Waals surface area contributed by atoms with Gasteiger partial charge in [-0.05, 0) is 102 Å². The zero-order valence-corrected chi connectivity index (χ0v) is 35.7. The minimum atomic E-state index is -1.59. The van der Waals surface area contributed by atoms with Crippen LogP contribution in [0.25, 0.3) is 64.2 Å². The molecule has 0 atom stereocenters. The molecule has 3 aromatic heterocycles. The fourth-order valence-electron chi connectivity index (χ4n) is 6.55. The van der Waals surface area contributed by atoms with E-state index in [4.69, 9.17) is 13.8 Å². The Kier molecular flexibility index (Phi) is 10.5. The molecular weight excluding hydrogens is 861 g/mol. The third-order valence-electron chi connectivity index (χ3n) is 9.34. The van der Waals surface area contributed by atoms with Gasteiger partial charge >= 0.3 is 0 Å². The zero-order chi connectivity index (χ0) is 39.3. The minimum Gasteiger partial charge on any atom is -0.497 e. The summed E-state index contributed by atoms with van der Waals surface area (Å²) >= 11 is 1.74. The van der Waals surface area contributed by atoms with Crippen molar-refractivity contribution >= 4 is 66.3 Å². The number of aromatic nitrogens is 2. The zero-order valence-electron chi connectivity index (χ0n) is 34.5. The van der Waals surface area contributed by atoms with Crippen LogP contribution in [0.1, 0.15) is 48.8 Å². The van der Waals surface area contributed by atoms with Gasteiger partial charge in [0.05, 0.1) is 15.2 Å². The second-order valence-electron chi connectivity index (χ2n) is 14.8. The quantitative estimate of drug-likeness (QED) is 0.0908. The van der Waals surface area contributed by atoms with Crippen molar-refractivity contribution in [1.29, 1.82) is 0 Å². The fraction of sp³-hybridized carbons (Fsp3) is 0.234. The number of thiophene rings is 1. The first kappa shape index (κ1) is 34.6. The van der Waals surface area contributed by atoms with Crippen molar-refractivity contribution < 1.29 is 29.0 Å². The fourth-order valence-corrected chi connectivity index (χ4v) is 8.91. The van der Waals surface area contributed by atoms with Crippen LogP contribution >= 0.6 is 11.3 Å². The number of methoxy groups -OCH3 is 1. The molecule has 8 rings (SSSR count). The molecule has 0 saturated heterocycles. The van der Waals surface area contributed by atoms with Crippen LogP contribution in [-0.4, -0.2) is 25.2 Å². The minimum absolute atomic E-state index is 0. The third-order valence-corrected chi connectivity index (χ3v) is 12.6. The van der Waals surface area contributed by atoms with Crippen LogP contribution < -0.4 is 9.92 Å². The molecule has 0 spiro atoms. The predicted octanol–water partition coefficient (Wildman–Crippen LogP) is 12.6. The molecule has 8 aromatic rings. The standard InChI is InChI=1S/C33H30NOS.C14H16NSi.Ir/c1-19(2)13-24-18-34-31(17-29(24)20(3)4)28-8-6-7-26-27-12-10-22-14-23-15-25(35-5)11-9-21(23)16-30(22)33(27)36-32(26)28;1-16(2,3)13-9-10-14(15-11-13)12-7-5-4-6-8-12;/h6-7,9-12,14-20H,13H2,1-5H3;4-7,9-11H,1-3H3;/q2*-1;/i13D2,20D;;. The average Bonchev–Trinajstić information content (AvgIpc) is 3.56. The maximum atomic E-state index is 8.82. The van der Waals surface area contributed by atoms with Gasteiger partial charge in [-0.1, -0.05) is 89.1 Å². The first-order chi connectivity index (χ1) is 26.1. The molecule has 0 amide bonds. The number of rotatable bonds is 7. The molecule has 0 saturated carbocycles. The van der Waals surface area contributed by atoms with Crippen molar-refractivity contribution in [3.63, 3.8) is 0 Å². The van der Waals surface area contributed by atoms with Gasteiger partial charge in [0.1, 0.15) is 5.75 Å². The number of hydrogen-bond donors (Lipinski definition) is 0. The molecule has 0 bridgehead atoms. The summed E-state index contributed by atoms with van der Waals surface area (Å²) in [5, 5.41) is 8.43. The van der Waals surface area contributed by atoms with Gasteiger partial charge in [0.15, 0.2) is 0 Å². The molecule has 5 aromatic carbocycles. The van der Waals surface area contributed by atoms with Gasteiger partial charge in [-0.15, -0.1) is 59.7 Å². The van der Waals surface area contributed by atoms with Gasteiger partial charge in [-0.2, -0.15) is 11.3 Å². The van der Waals surface area contributed by atoms with Crippen LogP contribution in [0.3, 0.4) is 0 Å². The van der Waals surface area contributed by atoms with Crippen molar-refractivity contribution in [3.05, 3.63) is 133 Å². The van der Waals surface area contributed by atoms with E-state index >= 15 is 0 Å². The van der Waals surface area contributed by atoms with Crippen LogP contribution in [0.4, 0.5) is 0 Å². The van der Waals surface area contributed by atoms with E-state index in [1.54, 1.807) is 24.6 Å². The van der Waals surface area contributed by atoms with Crippen LogP contribution in [0.2, 0.25) is 19.6 Å². The molecule has 0 N–H and O–H groups in total. The maximum absolute atomic E-state index is 8.82. The van der Waals surface area contributed by atoms with Gasteiger partial charge in [-0.25, -0.2) is 0 Å². The number of pyridine rings is 2. The van der Waals surface area contributed by atoms with Crippen LogP contribution in [0.5, 0.6) is 5.75 Å². The van der Waals surface area contributed by atoms with Gasteiger partial charge in [0.25, 0.3) is 0 Å². The molecular formula is C47H46IrN2OSSi-2. The molecule has 0 unspecified atom stereocenters. The van der Waals surface area contributed by atoms with E-state index in [0.29, 0.717) is 16.8 Å². The van der Waals surface area contributed by atoms with Crippen molar-refractivity contribution in [2.24, 2.45) is 5.92 Å². The molecule has 3 nitrogen and oxygen atoms in total. The van der Waals surface area contributed by atoms with E-state index in [1.807, 2.05) is 76.4 Å². The van der Waals surface area contributed by atoms with Crippen LogP contribution in [0, 0.1) is 18.1 Å². The second kappa shape index (κ2) is 16.0. The summed E-state index contributed by atoms with van der Waals surface area (Å²) in [5.74, 6) is -0.377. The smallest absolute Gasteiger partial charge is 0.119 e. The van der Waals surface area contributed by atoms with Gasteiger partial charge in [0.2, 0.25) is 0 Å². The van der Waals surface area contributed by atoms with Crippen molar-refractivity contribution in [3.8, 4) is 28.3 Å². The van der Waals surface area contributed by atoms with Crippen LogP contribution in [0.15, 0.2) is 109 Å². The number of ether oxygens (including phenoxy) is 1. The summed E-state index contributed by atoms with van der Waals surface area (Å²) in [5.41, 5.74) is 4.80. The third kappa shape index (κ3) is 8.17. The molecule has 271 valence electrons. The first-order valence-electron chi connectivity index (χ1n) is 19.3. The van der Waals surface area contributed by atoms with E-state index < -0.39 is 20.3 Å². The average molecular weight is 910 g/mol. The Morgan fingerprint density at radius 1 is 0.755 bits per heavy atom. The number of fused-ring (bicyclic) bond motifs is 6. The summed E-state index contributed by atoms with van der Waals surface area (Å²) in [4.78, 5) is 9.27. The molecule has 0 fully saturated rings. The van der Waals surface area contributed by atoms with E-state index in [2.05, 4.69) is 91.4 Å². The Balaban J connectivity index is 0.000000263. The summed E-state index contributed by atoms with van der Waals surface area (Å²) in [6.45, 7) is 14.3. The SMILES string of the molecule is C[Si](C)(C)c1ccc(-c2[c-]cccc2)nc1.[2H]C(C)(C)c1cc(-c2[c-]ccc3c2sc2c4cc5ccc(OC)cc5cc4ccc32)ncc1C([2H])([2H])C(C)C.[Ir]. The summed E-state index contributed by atoms with van der Waals surface area (Å²) in [7, 11) is 0.459. The van der Waals surface area contributed by atoms with E-state index in [-0.39, 0.29) is 26.0 Å². The molecule has 0 aliphatic heterocycles. The Bertz CT molecular complexity index is 2670. The molecule has 0 aliphatic rings. The largest absolute Gasteiger partial charge is 0.497 e. The van der Waals surface area contributed by atoms with Crippen molar-refractivity contribution in [2.75, 3.05) is 7.11 Å². The molecule has 6 heteroatoms. The Morgan fingerprint density at radius 2 is 1.53 bits per heavy atom. The normalized spacial score (nSPS) is 13.0. The van der Waals surface area contributed by atoms with Gasteiger partial charge in [-0.3, -0.25) is 0 Å². The van der Waals surface area contributed by atoms with E-state index in [0.717, 1.165) is 38.0 Å². The Hall–Kier alpha value is -4.19. The molecule has 53 heavy (non-hydrogen) atoms. The van der Waals surface area contributed by atoms with Gasteiger partial charge in [0, 0.05) is 41.3 Å². The molecule has 1 radical (unpaired) electrons. The van der Waals surface area contributed by atoms with Crippen molar-refractivity contribution in [1.82, 2.24) is 9.97 Å². The molecule has 0 aliphatic carbocycles. The monoisotopic (exact) mass is 910 g/mol. The molecule has 3 heterocycles. The summed E-state index contributed by atoms with van der Waals surface area (Å²) in [6, 6.07) is 39.8. The van der Waals surface area contributed by atoms with Gasteiger partial charge < -0.3 is 14.7 Å². The predicted molar refractivity (Wildman–Crippen MR) is 227 cm³/mol. The van der Waals surface area contributed by atoms with Crippen molar-refractivity contribution in [2.45, 2.75) is 59.6 Å². The Morgan fingerprint density at radius 3 is 2.21 bits per heavy atom. The van der Waals surface area contributed by atoms with Crippen LogP contribution in [-0.2, 0) is 26.5 Å². The summed E-state index contributed by atoms with van der Waals surface area (Å²) in [6.07, 6.45) is 2.07. The summed E-state index contributed by atoms with van der Waals surface area (Å²) < 4.78 is 34.0. The van der Waals surface area contributed by atoms with E-state index in [9.17, 15) is 0 Å². The number of benzene rings is 5. The topological polar surface area (TPSA) is 35.0 Å².